The van der Waals surface area contributed by atoms with E-state index in [1.54, 1.807) is 30.3 Å². The highest BCUT2D eigenvalue weighted by atomic mass is 79.9. The highest BCUT2D eigenvalue weighted by molar-refractivity contribution is 9.10. The van der Waals surface area contributed by atoms with Crippen molar-refractivity contribution >= 4 is 15.9 Å². The van der Waals surface area contributed by atoms with Gasteiger partial charge >= 0.3 is 0 Å². The minimum absolute atomic E-state index is 0.0516. The van der Waals surface area contributed by atoms with E-state index >= 15 is 0 Å². The van der Waals surface area contributed by atoms with Gasteiger partial charge in [0.05, 0.1) is 0 Å². The normalized spacial score (nSPS) is 10.2. The van der Waals surface area contributed by atoms with E-state index in [0.29, 0.717) is 11.3 Å². The average molecular weight is 297 g/mol. The molecule has 0 atom stereocenters. The van der Waals surface area contributed by atoms with E-state index in [4.69, 9.17) is 4.74 Å². The number of rotatable bonds is 3. The number of ether oxygens (including phenoxy) is 1. The monoisotopic (exact) mass is 296 g/mol. The van der Waals surface area contributed by atoms with Crippen LogP contribution in [0.5, 0.6) is 11.5 Å². The summed E-state index contributed by atoms with van der Waals surface area (Å²) >= 11 is 3.24. The Labute approximate surface area is 107 Å². The second-order valence-electron chi connectivity index (χ2n) is 3.53. The maximum absolute atomic E-state index is 12.9. The molecule has 0 amide bonds. The summed E-state index contributed by atoms with van der Waals surface area (Å²) in [5.41, 5.74) is 0.715. The summed E-state index contributed by atoms with van der Waals surface area (Å²) in [6, 6.07) is 11.1. The van der Waals surface area contributed by atoms with E-state index < -0.39 is 0 Å². The minimum atomic E-state index is -0.300. The van der Waals surface area contributed by atoms with Crippen molar-refractivity contribution in [3.63, 3.8) is 0 Å². The lowest BCUT2D eigenvalue weighted by Gasteiger charge is -2.08. The summed E-state index contributed by atoms with van der Waals surface area (Å²) in [4.78, 5) is 0. The van der Waals surface area contributed by atoms with Crippen molar-refractivity contribution in [2.24, 2.45) is 0 Å². The van der Waals surface area contributed by atoms with Crippen LogP contribution in [0.3, 0.4) is 0 Å². The fourth-order valence-electron chi connectivity index (χ4n) is 1.40. The standard InChI is InChI=1S/C13H10BrFO2/c14-10-4-5-13(12(16)7-10)17-8-9-2-1-3-11(15)6-9/h1-7,16H,8H2. The molecule has 17 heavy (non-hydrogen) atoms. The molecule has 0 aliphatic carbocycles. The summed E-state index contributed by atoms with van der Waals surface area (Å²) < 4.78 is 19.1. The summed E-state index contributed by atoms with van der Waals surface area (Å²) in [7, 11) is 0. The van der Waals surface area contributed by atoms with Crippen LogP contribution in [0.4, 0.5) is 4.39 Å². The molecular formula is C13H10BrFO2. The van der Waals surface area contributed by atoms with Gasteiger partial charge in [0.15, 0.2) is 11.5 Å². The van der Waals surface area contributed by atoms with Crippen LogP contribution in [0.2, 0.25) is 0 Å². The van der Waals surface area contributed by atoms with Crippen LogP contribution in [-0.4, -0.2) is 5.11 Å². The van der Waals surface area contributed by atoms with E-state index in [1.165, 1.54) is 12.1 Å². The Morgan fingerprint density at radius 3 is 2.71 bits per heavy atom. The van der Waals surface area contributed by atoms with E-state index in [-0.39, 0.29) is 18.2 Å². The third kappa shape index (κ3) is 3.20. The Morgan fingerprint density at radius 1 is 1.18 bits per heavy atom. The van der Waals surface area contributed by atoms with Gasteiger partial charge in [-0.05, 0) is 35.9 Å². The molecule has 2 aromatic rings. The van der Waals surface area contributed by atoms with Gasteiger partial charge in [0, 0.05) is 4.47 Å². The van der Waals surface area contributed by atoms with Crippen LogP contribution in [0.1, 0.15) is 5.56 Å². The third-order valence-electron chi connectivity index (χ3n) is 2.20. The molecule has 0 aliphatic rings. The van der Waals surface area contributed by atoms with E-state index in [9.17, 15) is 9.50 Å². The molecular weight excluding hydrogens is 287 g/mol. The number of halogens is 2. The van der Waals surface area contributed by atoms with Crippen molar-refractivity contribution in [1.29, 1.82) is 0 Å². The lowest BCUT2D eigenvalue weighted by atomic mass is 10.2. The lowest BCUT2D eigenvalue weighted by Crippen LogP contribution is -1.96. The molecule has 2 aromatic carbocycles. The molecule has 1 N–H and O–H groups in total. The number of benzene rings is 2. The number of phenolic OH excluding ortho intramolecular Hbond substituents is 1. The van der Waals surface area contributed by atoms with Gasteiger partial charge in [0.2, 0.25) is 0 Å². The van der Waals surface area contributed by atoms with Crippen molar-refractivity contribution in [2.75, 3.05) is 0 Å². The van der Waals surface area contributed by atoms with Gasteiger partial charge < -0.3 is 9.84 Å². The number of hydrogen-bond acceptors (Lipinski definition) is 2. The van der Waals surface area contributed by atoms with Gasteiger partial charge in [-0.1, -0.05) is 28.1 Å². The van der Waals surface area contributed by atoms with Crippen molar-refractivity contribution in [1.82, 2.24) is 0 Å². The molecule has 0 aromatic heterocycles. The molecule has 2 rings (SSSR count). The number of aromatic hydroxyl groups is 1. The maximum atomic E-state index is 12.9. The second kappa shape index (κ2) is 5.19. The van der Waals surface area contributed by atoms with Crippen LogP contribution >= 0.6 is 15.9 Å². The molecule has 0 fully saturated rings. The van der Waals surface area contributed by atoms with Crippen LogP contribution < -0.4 is 4.74 Å². The smallest absolute Gasteiger partial charge is 0.161 e. The van der Waals surface area contributed by atoms with Crippen LogP contribution in [0.15, 0.2) is 46.9 Å². The highest BCUT2D eigenvalue weighted by Gasteiger charge is 2.03. The third-order valence-corrected chi connectivity index (χ3v) is 2.70. The zero-order chi connectivity index (χ0) is 12.3. The molecule has 0 radical (unpaired) electrons. The predicted octanol–water partition coefficient (Wildman–Crippen LogP) is 3.87. The molecule has 0 bridgehead atoms. The summed E-state index contributed by atoms with van der Waals surface area (Å²) in [6.07, 6.45) is 0. The molecule has 2 nitrogen and oxygen atoms in total. The van der Waals surface area contributed by atoms with Gasteiger partial charge in [0.1, 0.15) is 12.4 Å². The molecule has 0 spiro atoms. The Morgan fingerprint density at radius 2 is 2.00 bits per heavy atom. The first-order chi connectivity index (χ1) is 8.15. The largest absolute Gasteiger partial charge is 0.504 e. The van der Waals surface area contributed by atoms with Crippen molar-refractivity contribution in [2.45, 2.75) is 6.61 Å². The quantitative estimate of drug-likeness (QED) is 0.931. The molecule has 4 heteroatoms. The predicted molar refractivity (Wildman–Crippen MR) is 66.5 cm³/mol. The van der Waals surface area contributed by atoms with Crippen molar-refractivity contribution in [3.8, 4) is 11.5 Å². The fourth-order valence-corrected chi connectivity index (χ4v) is 1.75. The van der Waals surface area contributed by atoms with Gasteiger partial charge in [-0.2, -0.15) is 0 Å². The highest BCUT2D eigenvalue weighted by Crippen LogP contribution is 2.29. The summed E-state index contributed by atoms with van der Waals surface area (Å²) in [5, 5.41) is 9.59. The van der Waals surface area contributed by atoms with Gasteiger partial charge in [-0.25, -0.2) is 4.39 Å². The zero-order valence-corrected chi connectivity index (χ0v) is 10.4. The summed E-state index contributed by atoms with van der Waals surface area (Å²) in [6.45, 7) is 0.215. The fraction of sp³-hybridized carbons (Fsp3) is 0.0769. The first kappa shape index (κ1) is 11.9. The molecule has 0 aliphatic heterocycles. The van der Waals surface area contributed by atoms with Crippen LogP contribution in [0.25, 0.3) is 0 Å². The first-order valence-corrected chi connectivity index (χ1v) is 5.80. The van der Waals surface area contributed by atoms with Gasteiger partial charge in [0.25, 0.3) is 0 Å². The Hall–Kier alpha value is -1.55. The number of hydrogen-bond donors (Lipinski definition) is 1. The average Bonchev–Trinajstić information content (AvgIpc) is 2.28. The summed E-state index contributed by atoms with van der Waals surface area (Å²) in [5.74, 6) is 0.124. The Kier molecular flexibility index (Phi) is 3.64. The SMILES string of the molecule is Oc1cc(Br)ccc1OCc1cccc(F)c1. The lowest BCUT2D eigenvalue weighted by molar-refractivity contribution is 0.288. The number of phenols is 1. The van der Waals surface area contributed by atoms with Crippen molar-refractivity contribution < 1.29 is 14.2 Å². The van der Waals surface area contributed by atoms with E-state index in [2.05, 4.69) is 15.9 Å². The van der Waals surface area contributed by atoms with Gasteiger partial charge in [-0.3, -0.25) is 0 Å². The minimum Gasteiger partial charge on any atom is -0.504 e. The second-order valence-corrected chi connectivity index (χ2v) is 4.45. The van der Waals surface area contributed by atoms with E-state index in [0.717, 1.165) is 4.47 Å². The van der Waals surface area contributed by atoms with Crippen LogP contribution in [-0.2, 0) is 6.61 Å². The van der Waals surface area contributed by atoms with E-state index in [1.807, 2.05) is 0 Å². The van der Waals surface area contributed by atoms with Crippen LogP contribution in [0, 0.1) is 5.82 Å². The topological polar surface area (TPSA) is 29.5 Å². The molecule has 0 saturated heterocycles. The first-order valence-electron chi connectivity index (χ1n) is 5.01. The molecule has 0 saturated carbocycles. The van der Waals surface area contributed by atoms with Gasteiger partial charge in [-0.15, -0.1) is 0 Å². The molecule has 88 valence electrons. The maximum Gasteiger partial charge on any atom is 0.161 e. The molecule has 0 unspecified atom stereocenters. The Balaban J connectivity index is 2.07. The zero-order valence-electron chi connectivity index (χ0n) is 8.86. The molecule has 0 heterocycles. The van der Waals surface area contributed by atoms with Crippen molar-refractivity contribution in [3.05, 3.63) is 58.3 Å². The Bertz CT molecular complexity index is 529.